The van der Waals surface area contributed by atoms with Crippen LogP contribution >= 0.6 is 0 Å². The summed E-state index contributed by atoms with van der Waals surface area (Å²) >= 11 is 0. The minimum Gasteiger partial charge on any atom is -0.336 e. The van der Waals surface area contributed by atoms with Crippen molar-refractivity contribution in [3.63, 3.8) is 0 Å². The maximum Gasteiger partial charge on any atom is 0.347 e. The van der Waals surface area contributed by atoms with Crippen molar-refractivity contribution in [2.24, 2.45) is 0 Å². The number of likely N-dealkylation sites (tertiary alicyclic amines) is 1. The summed E-state index contributed by atoms with van der Waals surface area (Å²) in [4.78, 5) is 30.6. The lowest BCUT2D eigenvalue weighted by Gasteiger charge is -2.28. The molecule has 1 aliphatic rings. The Labute approximate surface area is 181 Å². The summed E-state index contributed by atoms with van der Waals surface area (Å²) in [5, 5.41) is 5.94. The average Bonchev–Trinajstić information content (AvgIpc) is 3.31. The molecule has 0 aliphatic carbocycles. The van der Waals surface area contributed by atoms with Crippen LogP contribution in [0.15, 0.2) is 77.9 Å². The quantitative estimate of drug-likeness (QED) is 0.619. The van der Waals surface area contributed by atoms with Crippen LogP contribution < -0.4 is 16.3 Å². The number of rotatable bonds is 7. The molecule has 1 fully saturated rings. The van der Waals surface area contributed by atoms with E-state index in [1.807, 2.05) is 42.5 Å². The topological polar surface area (TPSA) is 79.3 Å². The van der Waals surface area contributed by atoms with Gasteiger partial charge in [0.15, 0.2) is 0 Å². The first-order chi connectivity index (χ1) is 15.2. The molecule has 1 aromatic heterocycles. The van der Waals surface area contributed by atoms with Crippen LogP contribution in [0.1, 0.15) is 30.0 Å². The Morgan fingerprint density at radius 2 is 1.84 bits per heavy atom. The van der Waals surface area contributed by atoms with Crippen molar-refractivity contribution in [1.82, 2.24) is 19.8 Å². The zero-order chi connectivity index (χ0) is 21.5. The van der Waals surface area contributed by atoms with E-state index >= 15 is 0 Å². The van der Waals surface area contributed by atoms with Crippen LogP contribution in [0, 0.1) is 0 Å². The van der Waals surface area contributed by atoms with E-state index in [4.69, 9.17) is 0 Å². The predicted molar refractivity (Wildman–Crippen MR) is 121 cm³/mol. The summed E-state index contributed by atoms with van der Waals surface area (Å²) in [5.74, 6) is 0. The van der Waals surface area contributed by atoms with Crippen LogP contribution in [0.3, 0.4) is 0 Å². The Morgan fingerprint density at radius 3 is 2.61 bits per heavy atom. The van der Waals surface area contributed by atoms with Gasteiger partial charge in [-0.1, -0.05) is 42.5 Å². The molecule has 2 amide bonds. The fourth-order valence-electron chi connectivity index (χ4n) is 4.00. The fraction of sp³-hybridized carbons (Fsp3) is 0.292. The molecular formula is C24H27N5O2. The first-order valence-corrected chi connectivity index (χ1v) is 10.6. The standard InChI is InChI=1S/C24H27N5O2/c30-23(26-17-22(28-13-4-5-14-28)20-9-2-1-3-10-20)27-21-11-6-8-19(16-21)18-29-15-7-12-25-24(29)31/h1-3,6-12,15-16,22H,4-5,13-14,17-18H2,(H2,26,27,30)/t22-/m1/s1. The Morgan fingerprint density at radius 1 is 1.03 bits per heavy atom. The van der Waals surface area contributed by atoms with E-state index in [9.17, 15) is 9.59 Å². The number of amides is 2. The van der Waals surface area contributed by atoms with Crippen molar-refractivity contribution in [2.45, 2.75) is 25.4 Å². The minimum absolute atomic E-state index is 0.165. The highest BCUT2D eigenvalue weighted by Gasteiger charge is 2.23. The smallest absolute Gasteiger partial charge is 0.336 e. The zero-order valence-electron chi connectivity index (χ0n) is 17.4. The largest absolute Gasteiger partial charge is 0.347 e. The fourth-order valence-corrected chi connectivity index (χ4v) is 4.00. The third-order valence-corrected chi connectivity index (χ3v) is 5.54. The van der Waals surface area contributed by atoms with Gasteiger partial charge in [0, 0.05) is 24.6 Å². The summed E-state index contributed by atoms with van der Waals surface area (Å²) in [5.41, 5.74) is 2.51. The first-order valence-electron chi connectivity index (χ1n) is 10.6. The number of hydrogen-bond donors (Lipinski definition) is 2. The molecule has 4 rings (SSSR count). The molecule has 7 nitrogen and oxygen atoms in total. The number of carbonyl (C=O) groups is 1. The average molecular weight is 418 g/mol. The van der Waals surface area contributed by atoms with Gasteiger partial charge in [0.1, 0.15) is 0 Å². The molecule has 0 spiro atoms. The third kappa shape index (κ3) is 5.58. The molecule has 1 aliphatic heterocycles. The Hall–Kier alpha value is -3.45. The highest BCUT2D eigenvalue weighted by atomic mass is 16.2. The molecule has 0 radical (unpaired) electrons. The summed E-state index contributed by atoms with van der Waals surface area (Å²) in [6.45, 7) is 3.05. The maximum absolute atomic E-state index is 12.6. The van der Waals surface area contributed by atoms with Gasteiger partial charge < -0.3 is 10.6 Å². The number of carbonyl (C=O) groups excluding carboxylic acids is 1. The number of nitrogens with zero attached hydrogens (tertiary/aromatic N) is 3. The molecule has 2 aromatic carbocycles. The summed E-state index contributed by atoms with van der Waals surface area (Å²) < 4.78 is 1.53. The van der Waals surface area contributed by atoms with E-state index in [2.05, 4.69) is 32.7 Å². The van der Waals surface area contributed by atoms with Gasteiger partial charge in [-0.15, -0.1) is 0 Å². The van der Waals surface area contributed by atoms with Crippen LogP contribution in [-0.2, 0) is 6.54 Å². The van der Waals surface area contributed by atoms with Crippen molar-refractivity contribution in [2.75, 3.05) is 25.0 Å². The molecule has 2 heterocycles. The van der Waals surface area contributed by atoms with Crippen molar-refractivity contribution in [1.29, 1.82) is 0 Å². The van der Waals surface area contributed by atoms with Gasteiger partial charge in [-0.05, 0) is 55.3 Å². The van der Waals surface area contributed by atoms with Gasteiger partial charge in [0.25, 0.3) is 0 Å². The second-order valence-electron chi connectivity index (χ2n) is 7.74. The van der Waals surface area contributed by atoms with E-state index in [1.54, 1.807) is 12.3 Å². The Bertz CT molecular complexity index is 1060. The van der Waals surface area contributed by atoms with Crippen molar-refractivity contribution in [3.8, 4) is 0 Å². The third-order valence-electron chi connectivity index (χ3n) is 5.54. The zero-order valence-corrected chi connectivity index (χ0v) is 17.4. The lowest BCUT2D eigenvalue weighted by atomic mass is 10.1. The van der Waals surface area contributed by atoms with Crippen LogP contribution in [0.4, 0.5) is 10.5 Å². The molecule has 31 heavy (non-hydrogen) atoms. The van der Waals surface area contributed by atoms with Gasteiger partial charge in [0.2, 0.25) is 0 Å². The van der Waals surface area contributed by atoms with Crippen LogP contribution in [0.2, 0.25) is 0 Å². The summed E-state index contributed by atoms with van der Waals surface area (Å²) in [6.07, 6.45) is 5.57. The number of aromatic nitrogens is 2. The first kappa shape index (κ1) is 20.8. The van der Waals surface area contributed by atoms with Crippen molar-refractivity contribution >= 4 is 11.7 Å². The Kier molecular flexibility index (Phi) is 6.74. The van der Waals surface area contributed by atoms with E-state index < -0.39 is 0 Å². The molecule has 2 N–H and O–H groups in total. The van der Waals surface area contributed by atoms with Gasteiger partial charge in [-0.25, -0.2) is 14.6 Å². The number of benzene rings is 2. The molecular weight excluding hydrogens is 390 g/mol. The molecule has 1 saturated heterocycles. The minimum atomic E-state index is -0.299. The van der Waals surface area contributed by atoms with Gasteiger partial charge >= 0.3 is 11.7 Å². The maximum atomic E-state index is 12.6. The number of anilines is 1. The predicted octanol–water partition coefficient (Wildman–Crippen LogP) is 3.25. The summed E-state index contributed by atoms with van der Waals surface area (Å²) in [7, 11) is 0. The highest BCUT2D eigenvalue weighted by molar-refractivity contribution is 5.89. The van der Waals surface area contributed by atoms with Crippen LogP contribution in [-0.4, -0.2) is 40.1 Å². The molecule has 7 heteroatoms. The van der Waals surface area contributed by atoms with Gasteiger partial charge in [-0.2, -0.15) is 0 Å². The monoisotopic (exact) mass is 417 g/mol. The number of hydrogen-bond acceptors (Lipinski definition) is 4. The molecule has 0 bridgehead atoms. The van der Waals surface area contributed by atoms with Gasteiger partial charge in [-0.3, -0.25) is 9.47 Å². The lowest BCUT2D eigenvalue weighted by molar-refractivity contribution is 0.227. The molecule has 0 saturated carbocycles. The number of urea groups is 1. The molecule has 160 valence electrons. The van der Waals surface area contributed by atoms with Gasteiger partial charge in [0.05, 0.1) is 12.6 Å². The van der Waals surface area contributed by atoms with Crippen LogP contribution in [0.25, 0.3) is 0 Å². The number of nitrogens with one attached hydrogen (secondary N) is 2. The second-order valence-corrected chi connectivity index (χ2v) is 7.74. The SMILES string of the molecule is O=C(NC[C@H](c1ccccc1)N1CCCC1)Nc1cccc(Cn2cccnc2=O)c1. The molecule has 0 unspecified atom stereocenters. The normalized spacial score (nSPS) is 14.8. The highest BCUT2D eigenvalue weighted by Crippen LogP contribution is 2.24. The molecule has 3 aromatic rings. The Balaban J connectivity index is 1.38. The van der Waals surface area contributed by atoms with Crippen molar-refractivity contribution < 1.29 is 4.79 Å². The summed E-state index contributed by atoms with van der Waals surface area (Å²) in [6, 6.07) is 19.5. The van der Waals surface area contributed by atoms with Crippen molar-refractivity contribution in [3.05, 3.63) is 94.7 Å². The second kappa shape index (κ2) is 10.0. The lowest BCUT2D eigenvalue weighted by Crippen LogP contribution is -2.38. The van der Waals surface area contributed by atoms with E-state index in [0.717, 1.165) is 18.7 Å². The van der Waals surface area contributed by atoms with Crippen LogP contribution in [0.5, 0.6) is 0 Å². The molecule has 1 atom stereocenters. The van der Waals surface area contributed by atoms with E-state index in [-0.39, 0.29) is 17.8 Å². The van der Waals surface area contributed by atoms with E-state index in [0.29, 0.717) is 18.8 Å². The van der Waals surface area contributed by atoms with E-state index in [1.165, 1.54) is 29.2 Å².